The van der Waals surface area contributed by atoms with E-state index in [-0.39, 0.29) is 35.6 Å². The number of aromatic nitrogens is 3. The first kappa shape index (κ1) is 18.0. The van der Waals surface area contributed by atoms with E-state index in [1.165, 1.54) is 15.6 Å². The molecule has 0 aliphatic carbocycles. The maximum atomic E-state index is 12.8. The minimum atomic E-state index is -3.66. The summed E-state index contributed by atoms with van der Waals surface area (Å²) in [5.41, 5.74) is 0.351. The molecule has 2 aromatic heterocycles. The predicted octanol–water partition coefficient (Wildman–Crippen LogP) is 1.49. The Morgan fingerprint density at radius 1 is 1.24 bits per heavy atom. The van der Waals surface area contributed by atoms with E-state index in [4.69, 9.17) is 4.52 Å². The Bertz CT molecular complexity index is 861. The highest BCUT2D eigenvalue weighted by atomic mass is 32.2. The molecular weight excluding hydrogens is 366 g/mol. The molecule has 2 aromatic rings. The molecule has 3 heterocycles. The molecule has 25 heavy (non-hydrogen) atoms. The van der Waals surface area contributed by atoms with Crippen LogP contribution >= 0.6 is 11.3 Å². The minimum Gasteiger partial charge on any atom is -0.360 e. The molecular formula is C14H19N5O4S2. The smallest absolute Gasteiger partial charge is 0.248 e. The van der Waals surface area contributed by atoms with Crippen LogP contribution in [0.4, 0.5) is 5.13 Å². The molecule has 0 atom stereocenters. The Hall–Kier alpha value is -1.85. The number of hydrogen-bond donors (Lipinski definition) is 1. The lowest BCUT2D eigenvalue weighted by atomic mass is 9.97. The lowest BCUT2D eigenvalue weighted by Crippen LogP contribution is -2.41. The molecule has 1 aliphatic rings. The highest BCUT2D eigenvalue weighted by Crippen LogP contribution is 2.28. The molecule has 1 saturated heterocycles. The Morgan fingerprint density at radius 3 is 2.44 bits per heavy atom. The number of rotatable bonds is 4. The van der Waals surface area contributed by atoms with Crippen LogP contribution in [0.25, 0.3) is 0 Å². The number of sulfonamides is 1. The Labute approximate surface area is 149 Å². The molecule has 0 unspecified atom stereocenters. The summed E-state index contributed by atoms with van der Waals surface area (Å²) >= 11 is 1.31. The summed E-state index contributed by atoms with van der Waals surface area (Å²) in [6.07, 6.45) is 0.901. The van der Waals surface area contributed by atoms with Gasteiger partial charge in [0.1, 0.15) is 15.6 Å². The molecule has 1 aliphatic heterocycles. The quantitative estimate of drug-likeness (QED) is 0.847. The first-order chi connectivity index (χ1) is 11.8. The van der Waals surface area contributed by atoms with Gasteiger partial charge in [-0.15, -0.1) is 10.2 Å². The van der Waals surface area contributed by atoms with Crippen molar-refractivity contribution in [3.8, 4) is 0 Å². The van der Waals surface area contributed by atoms with Crippen LogP contribution in [0, 0.1) is 26.7 Å². The maximum Gasteiger partial charge on any atom is 0.248 e. The van der Waals surface area contributed by atoms with Crippen LogP contribution in [0.2, 0.25) is 0 Å². The SMILES string of the molecule is Cc1nnc(NC(=O)C2CCN(S(=O)(=O)c3c(C)noc3C)CC2)s1. The Kier molecular flexibility index (Phi) is 4.89. The van der Waals surface area contributed by atoms with Crippen molar-refractivity contribution in [2.24, 2.45) is 5.92 Å². The summed E-state index contributed by atoms with van der Waals surface area (Å²) in [4.78, 5) is 12.4. The number of carbonyl (C=O) groups is 1. The lowest BCUT2D eigenvalue weighted by molar-refractivity contribution is -0.120. The van der Waals surface area contributed by atoms with E-state index in [0.29, 0.717) is 23.7 Å². The molecule has 3 rings (SSSR count). The average molecular weight is 385 g/mol. The first-order valence-electron chi connectivity index (χ1n) is 7.83. The minimum absolute atomic E-state index is 0.125. The molecule has 1 fully saturated rings. The molecule has 9 nitrogen and oxygen atoms in total. The monoisotopic (exact) mass is 385 g/mol. The summed E-state index contributed by atoms with van der Waals surface area (Å²) in [5, 5.41) is 15.4. The second kappa shape index (κ2) is 6.81. The molecule has 0 bridgehead atoms. The normalized spacial score (nSPS) is 16.9. The number of hydrogen-bond acceptors (Lipinski definition) is 8. The van der Waals surface area contributed by atoms with Gasteiger partial charge in [0.2, 0.25) is 21.1 Å². The van der Waals surface area contributed by atoms with Gasteiger partial charge in [-0.1, -0.05) is 16.5 Å². The molecule has 0 saturated carbocycles. The topological polar surface area (TPSA) is 118 Å². The molecule has 0 aromatic carbocycles. The lowest BCUT2D eigenvalue weighted by Gasteiger charge is -2.30. The maximum absolute atomic E-state index is 12.8. The van der Waals surface area contributed by atoms with Crippen molar-refractivity contribution in [1.29, 1.82) is 0 Å². The van der Waals surface area contributed by atoms with E-state index in [2.05, 4.69) is 20.7 Å². The van der Waals surface area contributed by atoms with Crippen molar-refractivity contribution in [2.75, 3.05) is 18.4 Å². The second-order valence-electron chi connectivity index (χ2n) is 5.95. The predicted molar refractivity (Wildman–Crippen MR) is 90.7 cm³/mol. The van der Waals surface area contributed by atoms with Gasteiger partial charge >= 0.3 is 0 Å². The number of piperidine rings is 1. The van der Waals surface area contributed by atoms with Crippen LogP contribution in [-0.4, -0.2) is 47.1 Å². The van der Waals surface area contributed by atoms with Crippen LogP contribution < -0.4 is 5.32 Å². The van der Waals surface area contributed by atoms with Crippen molar-refractivity contribution >= 4 is 32.4 Å². The Morgan fingerprint density at radius 2 is 1.92 bits per heavy atom. The summed E-state index contributed by atoms with van der Waals surface area (Å²) in [5.74, 6) is -0.116. The van der Waals surface area contributed by atoms with Gasteiger partial charge in [-0.25, -0.2) is 8.42 Å². The second-order valence-corrected chi connectivity index (χ2v) is 9.00. The van der Waals surface area contributed by atoms with Gasteiger partial charge in [0.25, 0.3) is 0 Å². The largest absolute Gasteiger partial charge is 0.360 e. The van der Waals surface area contributed by atoms with Gasteiger partial charge < -0.3 is 9.84 Å². The van der Waals surface area contributed by atoms with E-state index in [1.807, 2.05) is 6.92 Å². The van der Waals surface area contributed by atoms with Gasteiger partial charge in [0.05, 0.1) is 0 Å². The van der Waals surface area contributed by atoms with Crippen molar-refractivity contribution in [2.45, 2.75) is 38.5 Å². The summed E-state index contributed by atoms with van der Waals surface area (Å²) in [6.45, 7) is 5.55. The van der Waals surface area contributed by atoms with Gasteiger partial charge in [-0.2, -0.15) is 4.31 Å². The fraction of sp³-hybridized carbons (Fsp3) is 0.571. The number of nitrogens with zero attached hydrogens (tertiary/aromatic N) is 4. The number of amides is 1. The average Bonchev–Trinajstić information content (AvgIpc) is 3.13. The van der Waals surface area contributed by atoms with E-state index >= 15 is 0 Å². The van der Waals surface area contributed by atoms with E-state index in [9.17, 15) is 13.2 Å². The number of nitrogens with one attached hydrogen (secondary N) is 1. The van der Waals surface area contributed by atoms with Crippen LogP contribution in [0.15, 0.2) is 9.42 Å². The molecule has 0 spiro atoms. The van der Waals surface area contributed by atoms with Crippen LogP contribution in [0.5, 0.6) is 0 Å². The molecule has 0 radical (unpaired) electrons. The van der Waals surface area contributed by atoms with Gasteiger partial charge in [-0.3, -0.25) is 4.79 Å². The third-order valence-electron chi connectivity index (χ3n) is 4.15. The van der Waals surface area contributed by atoms with Crippen molar-refractivity contribution < 1.29 is 17.7 Å². The van der Waals surface area contributed by atoms with E-state index in [0.717, 1.165) is 5.01 Å². The number of carbonyl (C=O) groups excluding carboxylic acids is 1. The fourth-order valence-electron chi connectivity index (χ4n) is 2.88. The standard InChI is InChI=1S/C14H19N5O4S2/c1-8-12(9(2)23-18-8)25(21,22)19-6-4-11(5-7-19)13(20)15-14-17-16-10(3)24-14/h11H,4-7H2,1-3H3,(H,15,17,20). The van der Waals surface area contributed by atoms with Crippen molar-refractivity contribution in [3.63, 3.8) is 0 Å². The molecule has 1 amide bonds. The summed E-state index contributed by atoms with van der Waals surface area (Å²) < 4.78 is 31.9. The zero-order chi connectivity index (χ0) is 18.2. The van der Waals surface area contributed by atoms with Crippen LogP contribution in [0.1, 0.15) is 29.3 Å². The zero-order valence-corrected chi connectivity index (χ0v) is 15.8. The molecule has 136 valence electrons. The van der Waals surface area contributed by atoms with E-state index < -0.39 is 10.0 Å². The fourth-order valence-corrected chi connectivity index (χ4v) is 5.24. The van der Waals surface area contributed by atoms with E-state index in [1.54, 1.807) is 13.8 Å². The van der Waals surface area contributed by atoms with Gasteiger partial charge in [-0.05, 0) is 33.6 Å². The third-order valence-corrected chi connectivity index (χ3v) is 7.04. The number of anilines is 1. The highest BCUT2D eigenvalue weighted by molar-refractivity contribution is 7.89. The van der Waals surface area contributed by atoms with Gasteiger partial charge in [0, 0.05) is 19.0 Å². The van der Waals surface area contributed by atoms with Crippen LogP contribution in [-0.2, 0) is 14.8 Å². The van der Waals surface area contributed by atoms with Crippen LogP contribution in [0.3, 0.4) is 0 Å². The molecule has 1 N–H and O–H groups in total. The van der Waals surface area contributed by atoms with Crippen molar-refractivity contribution in [3.05, 3.63) is 16.5 Å². The van der Waals surface area contributed by atoms with Gasteiger partial charge in [0.15, 0.2) is 5.76 Å². The first-order valence-corrected chi connectivity index (χ1v) is 10.1. The number of aryl methyl sites for hydroxylation is 3. The van der Waals surface area contributed by atoms with Crippen molar-refractivity contribution in [1.82, 2.24) is 19.7 Å². The third kappa shape index (κ3) is 3.58. The summed E-state index contributed by atoms with van der Waals surface area (Å²) in [6, 6.07) is 0. The molecule has 11 heteroatoms. The Balaban J connectivity index is 1.64. The highest BCUT2D eigenvalue weighted by Gasteiger charge is 2.35. The summed E-state index contributed by atoms with van der Waals surface area (Å²) in [7, 11) is -3.66. The zero-order valence-electron chi connectivity index (χ0n) is 14.1.